The summed E-state index contributed by atoms with van der Waals surface area (Å²) in [7, 11) is -3.92. The van der Waals surface area contributed by atoms with E-state index in [0.29, 0.717) is 11.1 Å². The number of hydrogen-bond donors (Lipinski definition) is 0. The first-order valence-corrected chi connectivity index (χ1v) is 10.5. The maximum atomic E-state index is 12.4. The highest BCUT2D eigenvalue weighted by molar-refractivity contribution is 7.87. The van der Waals surface area contributed by atoms with Gasteiger partial charge in [0, 0.05) is 5.56 Å². The molecule has 0 saturated carbocycles. The summed E-state index contributed by atoms with van der Waals surface area (Å²) in [5, 5.41) is 0. The van der Waals surface area contributed by atoms with Gasteiger partial charge in [-0.1, -0.05) is 48.0 Å². The molecule has 0 fully saturated rings. The van der Waals surface area contributed by atoms with Gasteiger partial charge in [-0.15, -0.1) is 0 Å². The van der Waals surface area contributed by atoms with Crippen LogP contribution in [-0.4, -0.2) is 20.3 Å². The highest BCUT2D eigenvalue weighted by Gasteiger charge is 2.24. The molecule has 3 aromatic rings. The predicted molar refractivity (Wildman–Crippen MR) is 112 cm³/mol. The van der Waals surface area contributed by atoms with Gasteiger partial charge in [-0.3, -0.25) is 0 Å². The second-order valence-electron chi connectivity index (χ2n) is 6.62. The van der Waals surface area contributed by atoms with Gasteiger partial charge in [0.15, 0.2) is 5.70 Å². The molecule has 0 radical (unpaired) electrons. The zero-order valence-corrected chi connectivity index (χ0v) is 16.8. The summed E-state index contributed by atoms with van der Waals surface area (Å²) in [6, 6.07) is 21.8. The summed E-state index contributed by atoms with van der Waals surface area (Å²) in [5.74, 6) is -0.132. The molecule has 6 nitrogen and oxygen atoms in total. The van der Waals surface area contributed by atoms with Gasteiger partial charge in [-0.05, 0) is 55.0 Å². The Morgan fingerprint density at radius 3 is 2.23 bits per heavy atom. The largest absolute Gasteiger partial charge is 0.402 e. The van der Waals surface area contributed by atoms with Crippen molar-refractivity contribution in [2.24, 2.45) is 4.99 Å². The van der Waals surface area contributed by atoms with Gasteiger partial charge < -0.3 is 8.92 Å². The first kappa shape index (κ1) is 19.6. The van der Waals surface area contributed by atoms with Crippen molar-refractivity contribution in [3.8, 4) is 5.75 Å². The SMILES string of the molecule is Cc1ccc(S(=O)(=O)Oc2ccc(/C=C3/N=C(c4ccccc4)OC3=O)cc2)cc1. The molecule has 1 aliphatic heterocycles. The highest BCUT2D eigenvalue weighted by Crippen LogP contribution is 2.22. The lowest BCUT2D eigenvalue weighted by atomic mass is 10.2. The maximum Gasteiger partial charge on any atom is 0.363 e. The van der Waals surface area contributed by atoms with Gasteiger partial charge in [0.1, 0.15) is 10.6 Å². The number of benzene rings is 3. The van der Waals surface area contributed by atoms with E-state index < -0.39 is 16.1 Å². The van der Waals surface area contributed by atoms with Crippen LogP contribution < -0.4 is 4.18 Å². The summed E-state index contributed by atoms with van der Waals surface area (Å²) in [5.41, 5.74) is 2.48. The fraction of sp³-hybridized carbons (Fsp3) is 0.0435. The molecule has 1 heterocycles. The van der Waals surface area contributed by atoms with Crippen molar-refractivity contribution in [1.82, 2.24) is 0 Å². The van der Waals surface area contributed by atoms with Crippen LogP contribution in [0.4, 0.5) is 0 Å². The molecule has 4 rings (SSSR count). The third-order valence-electron chi connectivity index (χ3n) is 4.34. The Hall–Kier alpha value is -3.71. The fourth-order valence-electron chi connectivity index (χ4n) is 2.77. The number of nitrogens with zero attached hydrogens (tertiary/aromatic N) is 1. The Balaban J connectivity index is 1.52. The van der Waals surface area contributed by atoms with Gasteiger partial charge in [0.25, 0.3) is 0 Å². The summed E-state index contributed by atoms with van der Waals surface area (Å²) in [6.45, 7) is 1.87. The molecule has 3 aromatic carbocycles. The standard InChI is InChI=1S/C23H17NO5S/c1-16-7-13-20(14-8-16)30(26,27)29-19-11-9-17(10-12-19)15-21-23(25)28-22(24-21)18-5-3-2-4-6-18/h2-15H,1H3/b21-15+. The number of rotatable bonds is 5. The summed E-state index contributed by atoms with van der Waals surface area (Å²) >= 11 is 0. The molecule has 0 bridgehead atoms. The Bertz CT molecular complexity index is 1240. The Labute approximate surface area is 174 Å². The van der Waals surface area contributed by atoms with Crippen molar-refractivity contribution < 1.29 is 22.1 Å². The molecule has 7 heteroatoms. The lowest BCUT2D eigenvalue weighted by Gasteiger charge is -2.07. The zero-order chi connectivity index (χ0) is 21.1. The smallest absolute Gasteiger partial charge is 0.363 e. The number of esters is 1. The van der Waals surface area contributed by atoms with E-state index in [1.165, 1.54) is 24.3 Å². The Morgan fingerprint density at radius 1 is 0.900 bits per heavy atom. The van der Waals surface area contributed by atoms with Gasteiger partial charge >= 0.3 is 16.1 Å². The molecular weight excluding hydrogens is 402 g/mol. The quantitative estimate of drug-likeness (QED) is 0.353. The molecule has 150 valence electrons. The highest BCUT2D eigenvalue weighted by atomic mass is 32.2. The minimum absolute atomic E-state index is 0.0794. The fourth-order valence-corrected chi connectivity index (χ4v) is 3.70. The molecule has 1 aliphatic rings. The van der Waals surface area contributed by atoms with E-state index in [2.05, 4.69) is 4.99 Å². The number of aliphatic imine (C=N–C) groups is 1. The number of carbonyl (C=O) groups excluding carboxylic acids is 1. The van der Waals surface area contributed by atoms with Crippen LogP contribution in [0.15, 0.2) is 94.4 Å². The van der Waals surface area contributed by atoms with E-state index >= 15 is 0 Å². The van der Waals surface area contributed by atoms with E-state index in [0.717, 1.165) is 5.56 Å². The lowest BCUT2D eigenvalue weighted by Crippen LogP contribution is -2.09. The van der Waals surface area contributed by atoms with Crippen molar-refractivity contribution in [3.05, 3.63) is 101 Å². The van der Waals surface area contributed by atoms with Crippen LogP contribution in [0.3, 0.4) is 0 Å². The van der Waals surface area contributed by atoms with Gasteiger partial charge in [-0.2, -0.15) is 8.42 Å². The van der Waals surface area contributed by atoms with E-state index in [4.69, 9.17) is 8.92 Å². The Kier molecular flexibility index (Phi) is 5.20. The Morgan fingerprint density at radius 2 is 1.57 bits per heavy atom. The van der Waals surface area contributed by atoms with Crippen LogP contribution in [-0.2, 0) is 19.6 Å². The first-order valence-electron chi connectivity index (χ1n) is 9.10. The van der Waals surface area contributed by atoms with Gasteiger partial charge in [-0.25, -0.2) is 9.79 Å². The molecule has 0 spiro atoms. The van der Waals surface area contributed by atoms with Crippen LogP contribution in [0.2, 0.25) is 0 Å². The second-order valence-corrected chi connectivity index (χ2v) is 8.17. The molecule has 0 saturated heterocycles. The van der Waals surface area contributed by atoms with Crippen LogP contribution in [0.1, 0.15) is 16.7 Å². The van der Waals surface area contributed by atoms with E-state index in [1.54, 1.807) is 42.5 Å². The molecule has 30 heavy (non-hydrogen) atoms. The topological polar surface area (TPSA) is 82.0 Å². The van der Waals surface area contributed by atoms with Crippen LogP contribution in [0, 0.1) is 6.92 Å². The van der Waals surface area contributed by atoms with Crippen molar-refractivity contribution in [2.75, 3.05) is 0 Å². The normalized spacial score (nSPS) is 15.0. The molecule has 0 unspecified atom stereocenters. The van der Waals surface area contributed by atoms with E-state index in [1.807, 2.05) is 25.1 Å². The number of cyclic esters (lactones) is 1. The second kappa shape index (κ2) is 7.96. The molecule has 0 atom stereocenters. The summed E-state index contributed by atoms with van der Waals surface area (Å²) in [6.07, 6.45) is 1.57. The third kappa shape index (κ3) is 4.31. The van der Waals surface area contributed by atoms with Crippen molar-refractivity contribution in [1.29, 1.82) is 0 Å². The zero-order valence-electron chi connectivity index (χ0n) is 16.0. The summed E-state index contributed by atoms with van der Waals surface area (Å²) < 4.78 is 35.2. The van der Waals surface area contributed by atoms with E-state index in [9.17, 15) is 13.2 Å². The number of carbonyl (C=O) groups is 1. The average Bonchev–Trinajstić information content (AvgIpc) is 3.10. The van der Waals surface area contributed by atoms with Gasteiger partial charge in [0.05, 0.1) is 0 Å². The molecular formula is C23H17NO5S. The molecule has 0 amide bonds. The van der Waals surface area contributed by atoms with Crippen molar-refractivity contribution >= 4 is 28.1 Å². The summed E-state index contributed by atoms with van der Waals surface area (Å²) in [4.78, 5) is 16.4. The van der Waals surface area contributed by atoms with Gasteiger partial charge in [0.2, 0.25) is 5.90 Å². The van der Waals surface area contributed by atoms with Crippen LogP contribution in [0.5, 0.6) is 5.75 Å². The minimum atomic E-state index is -3.92. The van der Waals surface area contributed by atoms with Crippen molar-refractivity contribution in [3.63, 3.8) is 0 Å². The first-order chi connectivity index (χ1) is 14.4. The number of ether oxygens (including phenoxy) is 1. The lowest BCUT2D eigenvalue weighted by molar-refractivity contribution is -0.129. The molecule has 0 aliphatic carbocycles. The third-order valence-corrected chi connectivity index (χ3v) is 5.60. The monoisotopic (exact) mass is 419 g/mol. The van der Waals surface area contributed by atoms with Crippen LogP contribution >= 0.6 is 0 Å². The molecule has 0 N–H and O–H groups in total. The average molecular weight is 419 g/mol. The predicted octanol–water partition coefficient (Wildman–Crippen LogP) is 4.11. The minimum Gasteiger partial charge on any atom is -0.402 e. The number of aryl methyl sites for hydroxylation is 1. The van der Waals surface area contributed by atoms with Crippen molar-refractivity contribution in [2.45, 2.75) is 11.8 Å². The maximum absolute atomic E-state index is 12.4. The molecule has 0 aromatic heterocycles. The van der Waals surface area contributed by atoms with E-state index in [-0.39, 0.29) is 22.2 Å². The number of hydrogen-bond acceptors (Lipinski definition) is 6. The van der Waals surface area contributed by atoms with Crippen LogP contribution in [0.25, 0.3) is 6.08 Å².